The van der Waals surface area contributed by atoms with E-state index in [4.69, 9.17) is 16.3 Å². The lowest BCUT2D eigenvalue weighted by Crippen LogP contribution is -2.28. The van der Waals surface area contributed by atoms with Gasteiger partial charge in [-0.15, -0.1) is 11.3 Å². The van der Waals surface area contributed by atoms with Crippen LogP contribution in [-0.4, -0.2) is 21.4 Å². The molecule has 0 spiro atoms. The highest BCUT2D eigenvalue weighted by Gasteiger charge is 2.20. The molecule has 2 N–H and O–H groups in total. The Kier molecular flexibility index (Phi) is 7.44. The molecule has 0 aliphatic rings. The van der Waals surface area contributed by atoms with Gasteiger partial charge in [0.1, 0.15) is 22.9 Å². The van der Waals surface area contributed by atoms with Crippen LogP contribution in [-0.2, 0) is 11.3 Å². The molecule has 0 saturated heterocycles. The first-order chi connectivity index (χ1) is 18.8. The monoisotopic (exact) mass is 558 g/mol. The Morgan fingerprint density at radius 1 is 0.949 bits per heavy atom. The minimum atomic E-state index is -0.399. The number of hydrogen-bond acceptors (Lipinski definition) is 6. The van der Waals surface area contributed by atoms with Gasteiger partial charge in [0.25, 0.3) is 11.5 Å². The highest BCUT2D eigenvalue weighted by molar-refractivity contribution is 7.20. The molecule has 2 aromatic heterocycles. The van der Waals surface area contributed by atoms with E-state index in [2.05, 4.69) is 15.6 Å². The van der Waals surface area contributed by atoms with Crippen molar-refractivity contribution in [2.45, 2.75) is 20.4 Å². The summed E-state index contributed by atoms with van der Waals surface area (Å²) in [5.74, 6) is 0.595. The number of anilines is 2. The smallest absolute Gasteiger partial charge is 0.266 e. The molecule has 2 heterocycles. The van der Waals surface area contributed by atoms with Crippen LogP contribution in [0.4, 0.5) is 11.4 Å². The third kappa shape index (κ3) is 5.84. The van der Waals surface area contributed by atoms with Gasteiger partial charge in [-0.1, -0.05) is 35.9 Å². The number of rotatable bonds is 7. The first-order valence-electron chi connectivity index (χ1n) is 12.0. The van der Waals surface area contributed by atoms with Crippen molar-refractivity contribution in [2.75, 3.05) is 10.6 Å². The molecule has 0 aliphatic heterocycles. The van der Waals surface area contributed by atoms with Gasteiger partial charge in [0.05, 0.1) is 16.6 Å². The predicted molar refractivity (Wildman–Crippen MR) is 154 cm³/mol. The number of para-hydroxylation sites is 1. The number of carbonyl (C=O) groups is 2. The number of carbonyl (C=O) groups excluding carboxylic acids is 2. The lowest BCUT2D eigenvalue weighted by atomic mass is 10.2. The summed E-state index contributed by atoms with van der Waals surface area (Å²) in [5.41, 5.74) is 2.11. The quantitative estimate of drug-likeness (QED) is 0.240. The van der Waals surface area contributed by atoms with Crippen molar-refractivity contribution in [1.82, 2.24) is 9.55 Å². The fourth-order valence-electron chi connectivity index (χ4n) is 3.93. The number of nitrogens with zero attached hydrogens (tertiary/aromatic N) is 2. The zero-order valence-electron chi connectivity index (χ0n) is 21.0. The molecule has 0 atom stereocenters. The molecule has 196 valence electrons. The summed E-state index contributed by atoms with van der Waals surface area (Å²) < 4.78 is 7.01. The molecule has 5 rings (SSSR count). The van der Waals surface area contributed by atoms with Crippen LogP contribution < -0.4 is 20.9 Å². The molecule has 0 bridgehead atoms. The summed E-state index contributed by atoms with van der Waals surface area (Å²) >= 11 is 7.25. The Balaban J connectivity index is 1.30. The molecule has 10 heteroatoms. The topological polar surface area (TPSA) is 102 Å². The van der Waals surface area contributed by atoms with Crippen LogP contribution >= 0.6 is 22.9 Å². The lowest BCUT2D eigenvalue weighted by molar-refractivity contribution is -0.116. The summed E-state index contributed by atoms with van der Waals surface area (Å²) in [6.07, 6.45) is 1.31. The zero-order chi connectivity index (χ0) is 27.5. The number of benzene rings is 3. The SMILES string of the molecule is Cc1ccc(NC(=O)Cn2cnc3sc(C(=O)Nc4ccc(Oc5ccccc5)cc4)c(C)c3c2=O)cc1Cl. The van der Waals surface area contributed by atoms with Crippen LogP contribution in [0.2, 0.25) is 5.02 Å². The Labute approximate surface area is 232 Å². The molecular formula is C29H23ClN4O4S. The minimum Gasteiger partial charge on any atom is -0.457 e. The third-order valence-electron chi connectivity index (χ3n) is 5.98. The number of nitrogens with one attached hydrogen (secondary N) is 2. The van der Waals surface area contributed by atoms with E-state index >= 15 is 0 Å². The number of halogens is 1. The Morgan fingerprint density at radius 3 is 2.36 bits per heavy atom. The molecule has 2 amide bonds. The van der Waals surface area contributed by atoms with E-state index in [-0.39, 0.29) is 12.5 Å². The summed E-state index contributed by atoms with van der Waals surface area (Å²) in [6.45, 7) is 3.33. The molecule has 3 aromatic carbocycles. The second kappa shape index (κ2) is 11.1. The molecule has 0 unspecified atom stereocenters. The maximum absolute atomic E-state index is 13.2. The van der Waals surface area contributed by atoms with Gasteiger partial charge in [-0.05, 0) is 73.5 Å². The first kappa shape index (κ1) is 26.1. The zero-order valence-corrected chi connectivity index (χ0v) is 22.6. The number of ether oxygens (including phenoxy) is 1. The largest absolute Gasteiger partial charge is 0.457 e. The first-order valence-corrected chi connectivity index (χ1v) is 13.2. The highest BCUT2D eigenvalue weighted by Crippen LogP contribution is 2.28. The summed E-state index contributed by atoms with van der Waals surface area (Å²) in [6, 6.07) is 21.6. The Morgan fingerprint density at radius 2 is 1.64 bits per heavy atom. The van der Waals surface area contributed by atoms with Crippen LogP contribution in [0.3, 0.4) is 0 Å². The van der Waals surface area contributed by atoms with Gasteiger partial charge in [0.15, 0.2) is 0 Å². The van der Waals surface area contributed by atoms with Gasteiger partial charge < -0.3 is 15.4 Å². The van der Waals surface area contributed by atoms with Crippen LogP contribution in [0, 0.1) is 13.8 Å². The number of aromatic nitrogens is 2. The summed E-state index contributed by atoms with van der Waals surface area (Å²) in [4.78, 5) is 44.0. The van der Waals surface area contributed by atoms with Gasteiger partial charge >= 0.3 is 0 Å². The summed E-state index contributed by atoms with van der Waals surface area (Å²) in [5, 5.41) is 6.43. The highest BCUT2D eigenvalue weighted by atomic mass is 35.5. The van der Waals surface area contributed by atoms with Crippen molar-refractivity contribution in [3.05, 3.63) is 111 Å². The molecule has 0 saturated carbocycles. The molecule has 39 heavy (non-hydrogen) atoms. The fourth-order valence-corrected chi connectivity index (χ4v) is 5.15. The van der Waals surface area contributed by atoms with E-state index in [1.165, 1.54) is 10.9 Å². The van der Waals surface area contributed by atoms with Gasteiger partial charge in [0.2, 0.25) is 5.91 Å². The second-order valence-electron chi connectivity index (χ2n) is 8.82. The Hall–Kier alpha value is -4.47. The van der Waals surface area contributed by atoms with Gasteiger partial charge in [-0.2, -0.15) is 0 Å². The van der Waals surface area contributed by atoms with Crippen LogP contribution in [0.15, 0.2) is 83.9 Å². The van der Waals surface area contributed by atoms with Crippen molar-refractivity contribution in [3.8, 4) is 11.5 Å². The van der Waals surface area contributed by atoms with Crippen molar-refractivity contribution in [2.24, 2.45) is 0 Å². The lowest BCUT2D eigenvalue weighted by Gasteiger charge is -2.08. The maximum Gasteiger partial charge on any atom is 0.266 e. The van der Waals surface area contributed by atoms with E-state index < -0.39 is 11.5 Å². The predicted octanol–water partition coefficient (Wildman–Crippen LogP) is 6.41. The average Bonchev–Trinajstić information content (AvgIpc) is 3.26. The molecule has 0 radical (unpaired) electrons. The van der Waals surface area contributed by atoms with E-state index in [1.54, 1.807) is 49.4 Å². The standard InChI is InChI=1S/C29H23ClN4O4S/c1-17-8-9-20(14-23(17)30)32-24(35)15-34-16-31-28-25(29(34)37)18(2)26(39-28)27(36)33-19-10-12-22(13-11-19)38-21-6-4-3-5-7-21/h3-14,16H,15H2,1-2H3,(H,32,35)(H,33,36). The van der Waals surface area contributed by atoms with Crippen LogP contribution in [0.5, 0.6) is 11.5 Å². The van der Waals surface area contributed by atoms with Crippen molar-refractivity contribution in [1.29, 1.82) is 0 Å². The third-order valence-corrected chi connectivity index (χ3v) is 7.59. The molecule has 0 aliphatic carbocycles. The van der Waals surface area contributed by atoms with Crippen LogP contribution in [0.1, 0.15) is 20.8 Å². The van der Waals surface area contributed by atoms with Crippen molar-refractivity contribution >= 4 is 56.3 Å². The number of amides is 2. The van der Waals surface area contributed by atoms with Gasteiger partial charge in [0, 0.05) is 16.4 Å². The van der Waals surface area contributed by atoms with Crippen molar-refractivity contribution < 1.29 is 14.3 Å². The van der Waals surface area contributed by atoms with Gasteiger partial charge in [-0.3, -0.25) is 19.0 Å². The van der Waals surface area contributed by atoms with Crippen LogP contribution in [0.25, 0.3) is 10.2 Å². The number of hydrogen-bond donors (Lipinski definition) is 2. The van der Waals surface area contributed by atoms with E-state index in [0.717, 1.165) is 16.9 Å². The second-order valence-corrected chi connectivity index (χ2v) is 10.2. The van der Waals surface area contributed by atoms with Gasteiger partial charge in [-0.25, -0.2) is 4.98 Å². The molecular weight excluding hydrogens is 536 g/mol. The van der Waals surface area contributed by atoms with E-state index in [0.29, 0.717) is 48.6 Å². The fraction of sp³-hybridized carbons (Fsp3) is 0.103. The maximum atomic E-state index is 13.2. The minimum absolute atomic E-state index is 0.235. The van der Waals surface area contributed by atoms with E-state index in [9.17, 15) is 14.4 Å². The van der Waals surface area contributed by atoms with Crippen molar-refractivity contribution in [3.63, 3.8) is 0 Å². The summed E-state index contributed by atoms with van der Waals surface area (Å²) in [7, 11) is 0. The van der Waals surface area contributed by atoms with E-state index in [1.807, 2.05) is 37.3 Å². The molecule has 0 fully saturated rings. The molecule has 8 nitrogen and oxygen atoms in total. The number of aryl methyl sites for hydroxylation is 2. The normalized spacial score (nSPS) is 10.8. The Bertz CT molecular complexity index is 1750. The number of thiophene rings is 1. The number of fused-ring (bicyclic) bond motifs is 1. The molecule has 5 aromatic rings. The average molecular weight is 559 g/mol.